The summed E-state index contributed by atoms with van der Waals surface area (Å²) in [5.74, 6) is -0.584. The van der Waals surface area contributed by atoms with Crippen LogP contribution in [0.5, 0.6) is 0 Å². The highest BCUT2D eigenvalue weighted by Gasteiger charge is 2.31. The van der Waals surface area contributed by atoms with Gasteiger partial charge in [0.1, 0.15) is 5.82 Å². The van der Waals surface area contributed by atoms with Gasteiger partial charge in [0.2, 0.25) is 0 Å². The number of nitrogens with zero attached hydrogens (tertiary/aromatic N) is 1. The predicted octanol–water partition coefficient (Wildman–Crippen LogP) is 2.64. The third-order valence-electron chi connectivity index (χ3n) is 3.22. The maximum absolute atomic E-state index is 13.6. The first kappa shape index (κ1) is 14.3. The summed E-state index contributed by atoms with van der Waals surface area (Å²) in [5, 5.41) is 3.23. The Morgan fingerprint density at radius 3 is 2.74 bits per heavy atom. The highest BCUT2D eigenvalue weighted by Crippen LogP contribution is 2.30. The molecule has 1 aromatic rings. The van der Waals surface area contributed by atoms with Crippen LogP contribution in [-0.4, -0.2) is 30.6 Å². The van der Waals surface area contributed by atoms with Gasteiger partial charge in [-0.25, -0.2) is 4.39 Å². The minimum atomic E-state index is -4.43. The average Bonchev–Trinajstić information content (AvgIpc) is 2.30. The highest BCUT2D eigenvalue weighted by molar-refractivity contribution is 5.27. The van der Waals surface area contributed by atoms with E-state index in [0.717, 1.165) is 24.7 Å². The van der Waals surface area contributed by atoms with Gasteiger partial charge in [-0.2, -0.15) is 13.2 Å². The van der Waals surface area contributed by atoms with Gasteiger partial charge in [-0.3, -0.25) is 4.90 Å². The summed E-state index contributed by atoms with van der Waals surface area (Å²) in [6, 6.07) is 2.84. The van der Waals surface area contributed by atoms with Crippen molar-refractivity contribution in [1.29, 1.82) is 0 Å². The summed E-state index contributed by atoms with van der Waals surface area (Å²) >= 11 is 0. The maximum Gasteiger partial charge on any atom is 0.416 e. The van der Waals surface area contributed by atoms with Crippen LogP contribution < -0.4 is 5.32 Å². The summed E-state index contributed by atoms with van der Waals surface area (Å²) in [6.07, 6.45) is -4.43. The molecule has 0 spiro atoms. The molecule has 6 heteroatoms. The molecule has 1 aromatic carbocycles. The molecule has 0 aliphatic carbocycles. The van der Waals surface area contributed by atoms with E-state index >= 15 is 0 Å². The second kappa shape index (κ2) is 5.46. The second-order valence-electron chi connectivity index (χ2n) is 4.89. The molecule has 0 aromatic heterocycles. The van der Waals surface area contributed by atoms with Crippen LogP contribution in [-0.2, 0) is 12.7 Å². The fourth-order valence-electron chi connectivity index (χ4n) is 2.27. The van der Waals surface area contributed by atoms with Crippen LogP contribution in [0.2, 0.25) is 0 Å². The Morgan fingerprint density at radius 1 is 1.37 bits per heavy atom. The van der Waals surface area contributed by atoms with Crippen molar-refractivity contribution in [3.05, 3.63) is 35.1 Å². The smallest absolute Gasteiger partial charge is 0.312 e. The van der Waals surface area contributed by atoms with Crippen molar-refractivity contribution in [3.63, 3.8) is 0 Å². The summed E-state index contributed by atoms with van der Waals surface area (Å²) in [6.45, 7) is 4.38. The lowest BCUT2D eigenvalue weighted by Gasteiger charge is -2.32. The lowest BCUT2D eigenvalue weighted by molar-refractivity contribution is -0.137. The van der Waals surface area contributed by atoms with Gasteiger partial charge in [0, 0.05) is 37.8 Å². The molecule has 1 aliphatic rings. The lowest BCUT2D eigenvalue weighted by atomic mass is 10.1. The fraction of sp³-hybridized carbons (Fsp3) is 0.538. The Kier molecular flexibility index (Phi) is 4.10. The van der Waals surface area contributed by atoms with Crippen molar-refractivity contribution >= 4 is 0 Å². The molecule has 1 unspecified atom stereocenters. The fourth-order valence-corrected chi connectivity index (χ4v) is 2.27. The zero-order valence-electron chi connectivity index (χ0n) is 10.6. The van der Waals surface area contributed by atoms with Crippen LogP contribution in [0.15, 0.2) is 18.2 Å². The second-order valence-corrected chi connectivity index (χ2v) is 4.89. The molecular formula is C13H16F4N2. The van der Waals surface area contributed by atoms with Gasteiger partial charge < -0.3 is 5.32 Å². The van der Waals surface area contributed by atoms with Gasteiger partial charge in [0.05, 0.1) is 5.56 Å². The molecule has 0 amide bonds. The molecule has 1 saturated heterocycles. The van der Waals surface area contributed by atoms with Crippen molar-refractivity contribution in [2.24, 2.45) is 0 Å². The van der Waals surface area contributed by atoms with Crippen LogP contribution in [0.4, 0.5) is 17.6 Å². The molecule has 1 atom stereocenters. The largest absolute Gasteiger partial charge is 0.416 e. The molecule has 1 N–H and O–H groups in total. The van der Waals surface area contributed by atoms with Gasteiger partial charge in [-0.15, -0.1) is 0 Å². The van der Waals surface area contributed by atoms with Gasteiger partial charge >= 0.3 is 6.18 Å². The van der Waals surface area contributed by atoms with Crippen molar-refractivity contribution < 1.29 is 17.6 Å². The monoisotopic (exact) mass is 276 g/mol. The number of halogens is 4. The van der Waals surface area contributed by atoms with Crippen LogP contribution in [0.1, 0.15) is 18.1 Å². The van der Waals surface area contributed by atoms with Crippen LogP contribution in [0.3, 0.4) is 0 Å². The van der Waals surface area contributed by atoms with E-state index in [1.54, 1.807) is 0 Å². The molecule has 0 bridgehead atoms. The van der Waals surface area contributed by atoms with E-state index in [1.807, 2.05) is 11.8 Å². The Labute approximate surface area is 109 Å². The Hall–Kier alpha value is -1.14. The maximum atomic E-state index is 13.6. The summed E-state index contributed by atoms with van der Waals surface area (Å²) in [7, 11) is 0. The Balaban J connectivity index is 2.15. The minimum absolute atomic E-state index is 0.101. The molecule has 2 nitrogen and oxygen atoms in total. The third kappa shape index (κ3) is 3.67. The molecule has 2 rings (SSSR count). The molecule has 0 saturated carbocycles. The molecule has 1 heterocycles. The van der Waals surface area contributed by atoms with Crippen molar-refractivity contribution in [3.8, 4) is 0 Å². The standard InChI is InChI=1S/C13H16F4N2/c1-9-7-19(5-4-18-9)8-10-6-11(13(15,16)17)2-3-12(10)14/h2-3,6,9,18H,4-5,7-8H2,1H3. The summed E-state index contributed by atoms with van der Waals surface area (Å²) in [4.78, 5) is 1.96. The van der Waals surface area contributed by atoms with E-state index in [9.17, 15) is 17.6 Å². The summed E-state index contributed by atoms with van der Waals surface area (Å²) in [5.41, 5.74) is -0.698. The number of piperazine rings is 1. The van der Waals surface area contributed by atoms with Crippen LogP contribution >= 0.6 is 0 Å². The number of hydrogen-bond donors (Lipinski definition) is 1. The Morgan fingerprint density at radius 2 is 2.11 bits per heavy atom. The van der Waals surface area contributed by atoms with Gasteiger partial charge in [0.15, 0.2) is 0 Å². The normalized spacial score (nSPS) is 21.6. The van der Waals surface area contributed by atoms with Crippen LogP contribution in [0, 0.1) is 5.82 Å². The van der Waals surface area contributed by atoms with Gasteiger partial charge in [0.25, 0.3) is 0 Å². The van der Waals surface area contributed by atoms with E-state index in [2.05, 4.69) is 5.32 Å². The first-order valence-electron chi connectivity index (χ1n) is 6.17. The quantitative estimate of drug-likeness (QED) is 0.835. The van der Waals surface area contributed by atoms with E-state index in [4.69, 9.17) is 0 Å². The number of nitrogens with one attached hydrogen (secondary N) is 1. The first-order valence-corrected chi connectivity index (χ1v) is 6.17. The molecule has 19 heavy (non-hydrogen) atoms. The number of alkyl halides is 3. The topological polar surface area (TPSA) is 15.3 Å². The SMILES string of the molecule is CC1CN(Cc2cc(C(F)(F)F)ccc2F)CCN1. The highest BCUT2D eigenvalue weighted by atomic mass is 19.4. The van der Waals surface area contributed by atoms with E-state index in [-0.39, 0.29) is 18.2 Å². The molecule has 106 valence electrons. The van der Waals surface area contributed by atoms with E-state index < -0.39 is 17.6 Å². The van der Waals surface area contributed by atoms with Gasteiger partial charge in [-0.05, 0) is 25.1 Å². The third-order valence-corrected chi connectivity index (χ3v) is 3.22. The molecular weight excluding hydrogens is 260 g/mol. The van der Waals surface area contributed by atoms with Crippen molar-refractivity contribution in [1.82, 2.24) is 10.2 Å². The first-order chi connectivity index (χ1) is 8.86. The van der Waals surface area contributed by atoms with Gasteiger partial charge in [-0.1, -0.05) is 0 Å². The van der Waals surface area contributed by atoms with Crippen molar-refractivity contribution in [2.75, 3.05) is 19.6 Å². The predicted molar refractivity (Wildman–Crippen MR) is 64.1 cm³/mol. The van der Waals surface area contributed by atoms with E-state index in [0.29, 0.717) is 13.1 Å². The number of rotatable bonds is 2. The number of hydrogen-bond acceptors (Lipinski definition) is 2. The van der Waals surface area contributed by atoms with Crippen LogP contribution in [0.25, 0.3) is 0 Å². The van der Waals surface area contributed by atoms with E-state index in [1.165, 1.54) is 0 Å². The van der Waals surface area contributed by atoms with Crippen molar-refractivity contribution in [2.45, 2.75) is 25.7 Å². The summed E-state index contributed by atoms with van der Waals surface area (Å²) < 4.78 is 51.4. The molecule has 0 radical (unpaired) electrons. The Bertz CT molecular complexity index is 445. The lowest BCUT2D eigenvalue weighted by Crippen LogP contribution is -2.48. The number of benzene rings is 1. The minimum Gasteiger partial charge on any atom is -0.312 e. The molecule has 1 aliphatic heterocycles. The average molecular weight is 276 g/mol. The zero-order valence-corrected chi connectivity index (χ0v) is 10.6. The molecule has 1 fully saturated rings. The zero-order chi connectivity index (χ0) is 14.0.